The van der Waals surface area contributed by atoms with Gasteiger partial charge in [0.1, 0.15) is 10.7 Å². The van der Waals surface area contributed by atoms with Crippen LogP contribution in [0, 0.1) is 17.5 Å². The molecule has 1 aromatic rings. The summed E-state index contributed by atoms with van der Waals surface area (Å²) in [6.45, 7) is 2.66. The Morgan fingerprint density at radius 3 is 2.47 bits per heavy atom. The molecule has 1 N–H and O–H groups in total. The van der Waals surface area contributed by atoms with Gasteiger partial charge in [0.25, 0.3) is 0 Å². The topological polar surface area (TPSA) is 49.4 Å². The predicted molar refractivity (Wildman–Crippen MR) is 62.5 cm³/mol. The van der Waals surface area contributed by atoms with Crippen LogP contribution in [0.5, 0.6) is 0 Å². The van der Waals surface area contributed by atoms with Crippen LogP contribution in [0.1, 0.15) is 6.92 Å². The number of nitrogens with one attached hydrogen (secondary N) is 1. The van der Waals surface area contributed by atoms with Crippen LogP contribution in [0.25, 0.3) is 0 Å². The summed E-state index contributed by atoms with van der Waals surface area (Å²) in [5.74, 6) is -4.09. The molecule has 2 rings (SSSR count). The second-order valence-electron chi connectivity index (χ2n) is 4.37. The van der Waals surface area contributed by atoms with E-state index < -0.39 is 32.4 Å². The Labute approximate surface area is 109 Å². The van der Waals surface area contributed by atoms with Gasteiger partial charge in [0, 0.05) is 31.7 Å². The van der Waals surface area contributed by atoms with Gasteiger partial charge in [0.2, 0.25) is 10.0 Å². The second kappa shape index (κ2) is 5.10. The fraction of sp³-hybridized carbons (Fsp3) is 0.455. The molecule has 106 valence electrons. The molecule has 0 aliphatic carbocycles. The predicted octanol–water partition coefficient (Wildman–Crippen LogP) is 1.09. The molecule has 0 aromatic heterocycles. The molecule has 8 heteroatoms. The Morgan fingerprint density at radius 2 is 1.84 bits per heavy atom. The Hall–Kier alpha value is -1.12. The van der Waals surface area contributed by atoms with E-state index in [2.05, 4.69) is 5.32 Å². The average Bonchev–Trinajstić information content (AvgIpc) is 2.34. The quantitative estimate of drug-likeness (QED) is 0.831. The molecule has 1 fully saturated rings. The molecular weight excluding hydrogens is 281 g/mol. The Kier molecular flexibility index (Phi) is 3.84. The van der Waals surface area contributed by atoms with Gasteiger partial charge in [-0.25, -0.2) is 21.6 Å². The van der Waals surface area contributed by atoms with Gasteiger partial charge in [-0.3, -0.25) is 0 Å². The first-order valence-corrected chi connectivity index (χ1v) is 7.15. The zero-order chi connectivity index (χ0) is 14.2. The first kappa shape index (κ1) is 14.3. The molecule has 1 atom stereocenters. The van der Waals surface area contributed by atoms with Crippen LogP contribution in [0.2, 0.25) is 0 Å². The van der Waals surface area contributed by atoms with Crippen molar-refractivity contribution >= 4 is 10.0 Å². The van der Waals surface area contributed by atoms with Gasteiger partial charge in [0.05, 0.1) is 0 Å². The Bertz CT molecular complexity index is 592. The lowest BCUT2D eigenvalue weighted by Gasteiger charge is -2.32. The van der Waals surface area contributed by atoms with Crippen molar-refractivity contribution in [1.29, 1.82) is 0 Å². The molecule has 19 heavy (non-hydrogen) atoms. The average molecular weight is 294 g/mol. The van der Waals surface area contributed by atoms with Crippen LogP contribution >= 0.6 is 0 Å². The summed E-state index contributed by atoms with van der Waals surface area (Å²) in [7, 11) is -4.17. The fourth-order valence-corrected chi connectivity index (χ4v) is 3.70. The third-order valence-corrected chi connectivity index (χ3v) is 5.03. The van der Waals surface area contributed by atoms with Crippen molar-refractivity contribution in [1.82, 2.24) is 9.62 Å². The lowest BCUT2D eigenvalue weighted by atomic mass is 10.3. The van der Waals surface area contributed by atoms with E-state index in [9.17, 15) is 21.6 Å². The molecule has 0 radical (unpaired) electrons. The summed E-state index contributed by atoms with van der Waals surface area (Å²) in [4.78, 5) is -0.833. The summed E-state index contributed by atoms with van der Waals surface area (Å²) >= 11 is 0. The van der Waals surface area contributed by atoms with Gasteiger partial charge in [-0.05, 0) is 13.0 Å². The molecule has 0 spiro atoms. The van der Waals surface area contributed by atoms with Crippen molar-refractivity contribution in [2.45, 2.75) is 17.9 Å². The molecule has 0 unspecified atom stereocenters. The lowest BCUT2D eigenvalue weighted by molar-refractivity contribution is 0.282. The molecule has 0 bridgehead atoms. The monoisotopic (exact) mass is 294 g/mol. The number of hydrogen-bond acceptors (Lipinski definition) is 3. The van der Waals surface area contributed by atoms with Crippen LogP contribution < -0.4 is 5.32 Å². The van der Waals surface area contributed by atoms with Crippen LogP contribution in [0.15, 0.2) is 17.0 Å². The van der Waals surface area contributed by atoms with E-state index in [1.807, 2.05) is 0 Å². The number of rotatable bonds is 2. The summed E-state index contributed by atoms with van der Waals surface area (Å²) in [5.41, 5.74) is 0. The molecule has 4 nitrogen and oxygen atoms in total. The highest BCUT2D eigenvalue weighted by Gasteiger charge is 2.33. The number of benzene rings is 1. The number of hydrogen-bond donors (Lipinski definition) is 1. The summed E-state index contributed by atoms with van der Waals surface area (Å²) < 4.78 is 65.1. The van der Waals surface area contributed by atoms with Gasteiger partial charge in [0.15, 0.2) is 11.6 Å². The van der Waals surface area contributed by atoms with E-state index in [1.54, 1.807) is 6.92 Å². The van der Waals surface area contributed by atoms with Crippen molar-refractivity contribution in [3.05, 3.63) is 29.6 Å². The highest BCUT2D eigenvalue weighted by atomic mass is 32.2. The van der Waals surface area contributed by atoms with Gasteiger partial charge in [-0.15, -0.1) is 0 Å². The molecule has 0 amide bonds. The van der Waals surface area contributed by atoms with Crippen LogP contribution in [0.3, 0.4) is 0 Å². The third-order valence-electron chi connectivity index (χ3n) is 3.00. The minimum atomic E-state index is -4.17. The molecule has 1 aromatic carbocycles. The molecule has 1 saturated heterocycles. The van der Waals surface area contributed by atoms with E-state index in [-0.39, 0.29) is 18.7 Å². The van der Waals surface area contributed by atoms with Crippen molar-refractivity contribution in [3.63, 3.8) is 0 Å². The molecule has 1 heterocycles. The standard InChI is InChI=1S/C11H13F3N2O2S/c1-7-6-15-2-3-16(7)19(17,18)11-5-9(13)8(12)4-10(11)14/h4-5,7,15H,2-3,6H2,1H3/t7-/m0/s1. The largest absolute Gasteiger partial charge is 0.314 e. The number of sulfonamides is 1. The number of halogens is 3. The van der Waals surface area contributed by atoms with Crippen LogP contribution in [-0.4, -0.2) is 38.4 Å². The van der Waals surface area contributed by atoms with Gasteiger partial charge >= 0.3 is 0 Å². The van der Waals surface area contributed by atoms with Crippen molar-refractivity contribution in [2.75, 3.05) is 19.6 Å². The zero-order valence-corrected chi connectivity index (χ0v) is 11.0. The maximum absolute atomic E-state index is 13.6. The van der Waals surface area contributed by atoms with E-state index in [4.69, 9.17) is 0 Å². The summed E-state index contributed by atoms with van der Waals surface area (Å²) in [5, 5.41) is 2.99. The van der Waals surface area contributed by atoms with Gasteiger partial charge in [-0.1, -0.05) is 0 Å². The second-order valence-corrected chi connectivity index (χ2v) is 6.22. The van der Waals surface area contributed by atoms with Crippen LogP contribution in [-0.2, 0) is 10.0 Å². The van der Waals surface area contributed by atoms with Crippen molar-refractivity contribution < 1.29 is 21.6 Å². The SMILES string of the molecule is C[C@H]1CNCCN1S(=O)(=O)c1cc(F)c(F)cc1F. The highest BCUT2D eigenvalue weighted by molar-refractivity contribution is 7.89. The smallest absolute Gasteiger partial charge is 0.246 e. The first-order chi connectivity index (χ1) is 8.84. The maximum atomic E-state index is 13.6. The molecular formula is C11H13F3N2O2S. The molecule has 0 saturated carbocycles. The summed E-state index contributed by atoms with van der Waals surface area (Å²) in [6.07, 6.45) is 0. The first-order valence-electron chi connectivity index (χ1n) is 5.71. The Balaban J connectivity index is 2.47. The summed E-state index contributed by atoms with van der Waals surface area (Å²) in [6, 6.07) is 0.246. The fourth-order valence-electron chi connectivity index (χ4n) is 2.01. The Morgan fingerprint density at radius 1 is 1.21 bits per heavy atom. The highest BCUT2D eigenvalue weighted by Crippen LogP contribution is 2.24. The van der Waals surface area contributed by atoms with E-state index in [0.717, 1.165) is 4.31 Å². The lowest BCUT2D eigenvalue weighted by Crippen LogP contribution is -2.52. The number of nitrogens with zero attached hydrogens (tertiary/aromatic N) is 1. The normalized spacial score (nSPS) is 21.6. The van der Waals surface area contributed by atoms with E-state index in [1.165, 1.54) is 0 Å². The third kappa shape index (κ3) is 2.60. The zero-order valence-electron chi connectivity index (χ0n) is 10.2. The minimum Gasteiger partial charge on any atom is -0.314 e. The van der Waals surface area contributed by atoms with E-state index in [0.29, 0.717) is 19.2 Å². The van der Waals surface area contributed by atoms with Crippen molar-refractivity contribution in [2.24, 2.45) is 0 Å². The minimum absolute atomic E-state index is 0.155. The maximum Gasteiger partial charge on any atom is 0.246 e. The van der Waals surface area contributed by atoms with Crippen LogP contribution in [0.4, 0.5) is 13.2 Å². The van der Waals surface area contributed by atoms with Gasteiger partial charge in [-0.2, -0.15) is 4.31 Å². The number of piperazine rings is 1. The molecule has 1 aliphatic rings. The molecule has 1 aliphatic heterocycles. The van der Waals surface area contributed by atoms with Crippen molar-refractivity contribution in [3.8, 4) is 0 Å². The van der Waals surface area contributed by atoms with Gasteiger partial charge < -0.3 is 5.32 Å². The van der Waals surface area contributed by atoms with E-state index >= 15 is 0 Å².